The molecule has 0 bridgehead atoms. The van der Waals surface area contributed by atoms with Gasteiger partial charge in [-0.25, -0.2) is 0 Å². The summed E-state index contributed by atoms with van der Waals surface area (Å²) in [6.45, 7) is 7.33. The second-order valence-corrected chi connectivity index (χ2v) is 6.28. The highest BCUT2D eigenvalue weighted by Crippen LogP contribution is 2.30. The standard InChI is InChI=1S/C14H19ClN2O2S/c1-8-6-10(11(19-5)7-9(8)15)16-13(20)17-12(18)14(2,3)4/h6-7H,1-5H3,(H2,16,17,18,20). The normalized spacial score (nSPS) is 10.9. The largest absolute Gasteiger partial charge is 0.495 e. The zero-order chi connectivity index (χ0) is 15.5. The van der Waals surface area contributed by atoms with Gasteiger partial charge in [0.1, 0.15) is 5.75 Å². The van der Waals surface area contributed by atoms with Crippen LogP contribution in [-0.4, -0.2) is 18.1 Å². The molecule has 1 rings (SSSR count). The molecule has 0 aromatic heterocycles. The Labute approximate surface area is 129 Å². The average Bonchev–Trinajstić information content (AvgIpc) is 2.32. The van der Waals surface area contributed by atoms with Gasteiger partial charge in [0.15, 0.2) is 5.11 Å². The van der Waals surface area contributed by atoms with E-state index in [4.69, 9.17) is 28.6 Å². The summed E-state index contributed by atoms with van der Waals surface area (Å²) in [5.41, 5.74) is 1.04. The molecule has 0 radical (unpaired) electrons. The van der Waals surface area contributed by atoms with Gasteiger partial charge in [-0.2, -0.15) is 0 Å². The van der Waals surface area contributed by atoms with Crippen molar-refractivity contribution in [3.05, 3.63) is 22.7 Å². The zero-order valence-electron chi connectivity index (χ0n) is 12.3. The molecule has 0 unspecified atom stereocenters. The van der Waals surface area contributed by atoms with Crippen LogP contribution in [0.3, 0.4) is 0 Å². The van der Waals surface area contributed by atoms with Crippen LogP contribution >= 0.6 is 23.8 Å². The Morgan fingerprint density at radius 1 is 1.35 bits per heavy atom. The summed E-state index contributed by atoms with van der Waals surface area (Å²) < 4.78 is 5.24. The summed E-state index contributed by atoms with van der Waals surface area (Å²) in [6.07, 6.45) is 0. The number of carbonyl (C=O) groups excluding carboxylic acids is 1. The first-order valence-corrected chi connectivity index (χ1v) is 6.90. The third kappa shape index (κ3) is 4.35. The lowest BCUT2D eigenvalue weighted by Gasteiger charge is -2.19. The van der Waals surface area contributed by atoms with Gasteiger partial charge < -0.3 is 15.4 Å². The van der Waals surface area contributed by atoms with Crippen LogP contribution in [0.1, 0.15) is 26.3 Å². The van der Waals surface area contributed by atoms with E-state index in [9.17, 15) is 4.79 Å². The van der Waals surface area contributed by atoms with Gasteiger partial charge in [-0.1, -0.05) is 32.4 Å². The highest BCUT2D eigenvalue weighted by molar-refractivity contribution is 7.80. The smallest absolute Gasteiger partial charge is 0.231 e. The van der Waals surface area contributed by atoms with Crippen molar-refractivity contribution in [3.8, 4) is 5.75 Å². The molecule has 0 atom stereocenters. The van der Waals surface area contributed by atoms with Gasteiger partial charge in [-0.05, 0) is 30.8 Å². The summed E-state index contributed by atoms with van der Waals surface area (Å²) in [4.78, 5) is 11.8. The molecular weight excluding hydrogens is 296 g/mol. The number of halogens is 1. The number of benzene rings is 1. The summed E-state index contributed by atoms with van der Waals surface area (Å²) in [6, 6.07) is 3.52. The first-order valence-electron chi connectivity index (χ1n) is 6.11. The van der Waals surface area contributed by atoms with Crippen molar-refractivity contribution in [1.82, 2.24) is 5.32 Å². The monoisotopic (exact) mass is 314 g/mol. The molecule has 4 nitrogen and oxygen atoms in total. The van der Waals surface area contributed by atoms with Crippen LogP contribution < -0.4 is 15.4 Å². The van der Waals surface area contributed by atoms with E-state index in [-0.39, 0.29) is 11.0 Å². The fourth-order valence-corrected chi connectivity index (χ4v) is 1.73. The Morgan fingerprint density at radius 2 is 1.95 bits per heavy atom. The van der Waals surface area contributed by atoms with Gasteiger partial charge in [-0.3, -0.25) is 4.79 Å². The Morgan fingerprint density at radius 3 is 2.45 bits per heavy atom. The Kier molecular flexibility index (Phi) is 5.36. The first-order chi connectivity index (χ1) is 9.15. The molecule has 1 aromatic rings. The van der Waals surface area contributed by atoms with Gasteiger partial charge >= 0.3 is 0 Å². The second-order valence-electron chi connectivity index (χ2n) is 5.46. The number of nitrogens with one attached hydrogen (secondary N) is 2. The van der Waals surface area contributed by atoms with Crippen LogP contribution in [-0.2, 0) is 4.79 Å². The molecule has 20 heavy (non-hydrogen) atoms. The Bertz CT molecular complexity index is 539. The Hall–Kier alpha value is -1.33. The number of thiocarbonyl (C=S) groups is 1. The van der Waals surface area contributed by atoms with E-state index in [1.165, 1.54) is 0 Å². The minimum atomic E-state index is -0.508. The van der Waals surface area contributed by atoms with Crippen molar-refractivity contribution >= 4 is 40.5 Å². The number of rotatable bonds is 2. The lowest BCUT2D eigenvalue weighted by molar-refractivity contribution is -0.126. The fourth-order valence-electron chi connectivity index (χ4n) is 1.37. The number of hydrogen-bond acceptors (Lipinski definition) is 3. The molecule has 1 amide bonds. The molecule has 6 heteroatoms. The molecule has 0 aliphatic heterocycles. The molecule has 2 N–H and O–H groups in total. The highest BCUT2D eigenvalue weighted by atomic mass is 35.5. The molecule has 0 aliphatic carbocycles. The maximum absolute atomic E-state index is 11.8. The Balaban J connectivity index is 2.86. The predicted octanol–water partition coefficient (Wildman–Crippen LogP) is 3.52. The highest BCUT2D eigenvalue weighted by Gasteiger charge is 2.22. The van der Waals surface area contributed by atoms with E-state index in [1.807, 2.05) is 33.8 Å². The summed E-state index contributed by atoms with van der Waals surface area (Å²) >= 11 is 11.2. The van der Waals surface area contributed by atoms with Crippen LogP contribution in [0.25, 0.3) is 0 Å². The number of carbonyl (C=O) groups is 1. The lowest BCUT2D eigenvalue weighted by Crippen LogP contribution is -2.41. The lowest BCUT2D eigenvalue weighted by atomic mass is 9.96. The van der Waals surface area contributed by atoms with Gasteiger partial charge in [-0.15, -0.1) is 0 Å². The second kappa shape index (κ2) is 6.41. The predicted molar refractivity (Wildman–Crippen MR) is 86.6 cm³/mol. The quantitative estimate of drug-likeness (QED) is 0.820. The summed E-state index contributed by atoms with van der Waals surface area (Å²) in [5.74, 6) is 0.410. The van der Waals surface area contributed by atoms with Crippen LogP contribution in [0.4, 0.5) is 5.69 Å². The fraction of sp³-hybridized carbons (Fsp3) is 0.429. The molecule has 1 aromatic carbocycles. The minimum absolute atomic E-state index is 0.153. The first kappa shape index (κ1) is 16.7. The minimum Gasteiger partial charge on any atom is -0.495 e. The summed E-state index contributed by atoms with van der Waals surface area (Å²) in [5, 5.41) is 6.43. The number of hydrogen-bond donors (Lipinski definition) is 2. The molecule has 0 saturated carbocycles. The van der Waals surface area contributed by atoms with Crippen molar-refractivity contribution < 1.29 is 9.53 Å². The molecule has 0 spiro atoms. The van der Waals surface area contributed by atoms with E-state index in [0.717, 1.165) is 5.56 Å². The number of amides is 1. The van der Waals surface area contributed by atoms with Crippen LogP contribution in [0.2, 0.25) is 5.02 Å². The average molecular weight is 315 g/mol. The van der Waals surface area contributed by atoms with E-state index >= 15 is 0 Å². The topological polar surface area (TPSA) is 50.4 Å². The number of aryl methyl sites for hydroxylation is 1. The van der Waals surface area contributed by atoms with Crippen LogP contribution in [0.5, 0.6) is 5.75 Å². The number of anilines is 1. The van der Waals surface area contributed by atoms with Gasteiger partial charge in [0, 0.05) is 16.5 Å². The third-order valence-electron chi connectivity index (χ3n) is 2.64. The molecule has 0 fully saturated rings. The van der Waals surface area contributed by atoms with Crippen molar-refractivity contribution in [2.45, 2.75) is 27.7 Å². The van der Waals surface area contributed by atoms with Crippen molar-refractivity contribution in [3.63, 3.8) is 0 Å². The maximum Gasteiger partial charge on any atom is 0.231 e. The van der Waals surface area contributed by atoms with E-state index in [2.05, 4.69) is 10.6 Å². The zero-order valence-corrected chi connectivity index (χ0v) is 13.8. The molecule has 0 saturated heterocycles. The third-order valence-corrected chi connectivity index (χ3v) is 3.25. The molecular formula is C14H19ClN2O2S. The molecule has 110 valence electrons. The van der Waals surface area contributed by atoms with Gasteiger partial charge in [0.2, 0.25) is 5.91 Å². The number of ether oxygens (including phenoxy) is 1. The number of methoxy groups -OCH3 is 1. The van der Waals surface area contributed by atoms with Crippen molar-refractivity contribution in [2.75, 3.05) is 12.4 Å². The van der Waals surface area contributed by atoms with Gasteiger partial charge in [0.25, 0.3) is 0 Å². The van der Waals surface area contributed by atoms with Crippen LogP contribution in [0.15, 0.2) is 12.1 Å². The van der Waals surface area contributed by atoms with Crippen molar-refractivity contribution in [2.24, 2.45) is 5.41 Å². The van der Waals surface area contributed by atoms with Crippen molar-refractivity contribution in [1.29, 1.82) is 0 Å². The van der Waals surface area contributed by atoms with E-state index in [1.54, 1.807) is 13.2 Å². The SMILES string of the molecule is COc1cc(Cl)c(C)cc1NC(=S)NC(=O)C(C)(C)C. The van der Waals surface area contributed by atoms with E-state index in [0.29, 0.717) is 16.5 Å². The van der Waals surface area contributed by atoms with Gasteiger partial charge in [0.05, 0.1) is 12.8 Å². The maximum atomic E-state index is 11.8. The summed E-state index contributed by atoms with van der Waals surface area (Å²) in [7, 11) is 1.54. The van der Waals surface area contributed by atoms with E-state index < -0.39 is 5.41 Å². The van der Waals surface area contributed by atoms with Crippen LogP contribution in [0, 0.1) is 12.3 Å². The molecule has 0 heterocycles. The molecule has 0 aliphatic rings.